The fraction of sp³-hybridized carbons (Fsp3) is 0.107. The standard InChI is InChI=1S/C28H23N/c1-20-9-7-13-23(17-20)27-26(21-10-3-2-4-11-21)18-22-12-5-6-15-25(22)28(27)24-14-8-16-29-19-24/h2-7,9-13,15-19H,8,14H2,1H3. The summed E-state index contributed by atoms with van der Waals surface area (Å²) in [5.74, 6) is 0. The van der Waals surface area contributed by atoms with Crippen LogP contribution in [0.4, 0.5) is 0 Å². The summed E-state index contributed by atoms with van der Waals surface area (Å²) in [6, 6.07) is 30.7. The molecule has 0 aromatic heterocycles. The summed E-state index contributed by atoms with van der Waals surface area (Å²) in [7, 11) is 0. The normalized spacial score (nSPS) is 13.5. The van der Waals surface area contributed by atoms with E-state index in [1.807, 2.05) is 6.21 Å². The molecule has 1 heterocycles. The van der Waals surface area contributed by atoms with E-state index in [1.54, 1.807) is 0 Å². The van der Waals surface area contributed by atoms with Crippen LogP contribution in [0.3, 0.4) is 0 Å². The Bertz CT molecular complexity index is 1250. The van der Waals surface area contributed by atoms with Gasteiger partial charge in [0, 0.05) is 12.4 Å². The van der Waals surface area contributed by atoms with Gasteiger partial charge >= 0.3 is 0 Å². The van der Waals surface area contributed by atoms with Crippen LogP contribution >= 0.6 is 0 Å². The van der Waals surface area contributed by atoms with Crippen LogP contribution in [0.1, 0.15) is 24.0 Å². The number of aryl methyl sites for hydroxylation is 1. The zero-order valence-electron chi connectivity index (χ0n) is 16.6. The monoisotopic (exact) mass is 373 g/mol. The smallest absolute Gasteiger partial charge is 0.0302 e. The van der Waals surface area contributed by atoms with Crippen LogP contribution in [-0.2, 0) is 0 Å². The number of fused-ring (bicyclic) bond motifs is 1. The molecule has 0 saturated heterocycles. The van der Waals surface area contributed by atoms with Crippen LogP contribution in [0.15, 0.2) is 96.1 Å². The minimum atomic E-state index is 0.989. The Morgan fingerprint density at radius 3 is 2.31 bits per heavy atom. The largest absolute Gasteiger partial charge is 0.269 e. The number of hydrogen-bond donors (Lipinski definition) is 0. The predicted molar refractivity (Wildman–Crippen MR) is 125 cm³/mol. The first-order valence-electron chi connectivity index (χ1n) is 10.2. The highest BCUT2D eigenvalue weighted by atomic mass is 14.7. The summed E-state index contributed by atoms with van der Waals surface area (Å²) in [4.78, 5) is 4.51. The van der Waals surface area contributed by atoms with Crippen LogP contribution < -0.4 is 0 Å². The molecule has 0 unspecified atom stereocenters. The van der Waals surface area contributed by atoms with Crippen molar-refractivity contribution in [3.05, 3.63) is 102 Å². The summed E-state index contributed by atoms with van der Waals surface area (Å²) in [6.45, 7) is 2.16. The van der Waals surface area contributed by atoms with Crippen LogP contribution in [0.2, 0.25) is 0 Å². The molecule has 0 N–H and O–H groups in total. The lowest BCUT2D eigenvalue weighted by Gasteiger charge is -2.22. The van der Waals surface area contributed by atoms with E-state index in [0.29, 0.717) is 0 Å². The maximum atomic E-state index is 4.51. The SMILES string of the molecule is Cc1cccc(-c2c(-c3ccccc3)cc3ccccc3c2C2=CN=CCC2)c1. The molecule has 140 valence electrons. The van der Waals surface area contributed by atoms with Crippen molar-refractivity contribution in [2.24, 2.45) is 4.99 Å². The van der Waals surface area contributed by atoms with Gasteiger partial charge in [0.25, 0.3) is 0 Å². The molecule has 4 aromatic carbocycles. The first kappa shape index (κ1) is 17.6. The molecule has 5 rings (SSSR count). The third kappa shape index (κ3) is 3.30. The van der Waals surface area contributed by atoms with Crippen LogP contribution in [0, 0.1) is 6.92 Å². The quantitative estimate of drug-likeness (QED) is 0.349. The molecule has 4 aromatic rings. The highest BCUT2D eigenvalue weighted by Gasteiger charge is 2.20. The average Bonchev–Trinajstić information content (AvgIpc) is 2.79. The molecule has 0 atom stereocenters. The van der Waals surface area contributed by atoms with Crippen molar-refractivity contribution in [2.75, 3.05) is 0 Å². The highest BCUT2D eigenvalue weighted by Crippen LogP contribution is 2.44. The van der Waals surface area contributed by atoms with Crippen molar-refractivity contribution in [2.45, 2.75) is 19.8 Å². The Labute approximate surface area is 172 Å². The molecule has 29 heavy (non-hydrogen) atoms. The van der Waals surface area contributed by atoms with Crippen LogP contribution in [-0.4, -0.2) is 6.21 Å². The maximum Gasteiger partial charge on any atom is 0.0302 e. The van der Waals surface area contributed by atoms with Gasteiger partial charge in [-0.15, -0.1) is 0 Å². The van der Waals surface area contributed by atoms with E-state index < -0.39 is 0 Å². The minimum absolute atomic E-state index is 0.989. The lowest BCUT2D eigenvalue weighted by atomic mass is 9.82. The highest BCUT2D eigenvalue weighted by molar-refractivity contribution is 6.07. The Hall–Kier alpha value is -3.45. The van der Waals surface area contributed by atoms with Gasteiger partial charge in [0.2, 0.25) is 0 Å². The van der Waals surface area contributed by atoms with Gasteiger partial charge < -0.3 is 0 Å². The molecule has 0 radical (unpaired) electrons. The molecule has 0 aliphatic carbocycles. The molecule has 0 fully saturated rings. The lowest BCUT2D eigenvalue weighted by Crippen LogP contribution is -1.99. The minimum Gasteiger partial charge on any atom is -0.269 e. The molecular weight excluding hydrogens is 350 g/mol. The molecule has 1 aliphatic rings. The first-order valence-corrected chi connectivity index (χ1v) is 10.2. The van der Waals surface area contributed by atoms with Crippen molar-refractivity contribution in [1.29, 1.82) is 0 Å². The third-order valence-corrected chi connectivity index (χ3v) is 5.64. The van der Waals surface area contributed by atoms with E-state index in [-0.39, 0.29) is 0 Å². The van der Waals surface area contributed by atoms with Crippen LogP contribution in [0.25, 0.3) is 38.6 Å². The molecule has 0 bridgehead atoms. The molecule has 1 nitrogen and oxygen atoms in total. The zero-order valence-corrected chi connectivity index (χ0v) is 16.6. The lowest BCUT2D eigenvalue weighted by molar-refractivity contribution is 1.11. The van der Waals surface area contributed by atoms with E-state index >= 15 is 0 Å². The number of hydrogen-bond acceptors (Lipinski definition) is 1. The number of allylic oxidation sites excluding steroid dienone is 1. The summed E-state index contributed by atoms with van der Waals surface area (Å²) < 4.78 is 0. The first-order chi connectivity index (χ1) is 14.3. The summed E-state index contributed by atoms with van der Waals surface area (Å²) in [5.41, 5.74) is 9.01. The number of aliphatic imine (C=N–C) groups is 1. The molecule has 0 amide bonds. The molecule has 0 saturated carbocycles. The van der Waals surface area contributed by atoms with Gasteiger partial charge in [0.05, 0.1) is 0 Å². The Kier molecular flexibility index (Phi) is 4.57. The second-order valence-electron chi connectivity index (χ2n) is 7.66. The Balaban J connectivity index is 1.94. The molecule has 1 aliphatic heterocycles. The van der Waals surface area contributed by atoms with E-state index in [4.69, 9.17) is 0 Å². The number of benzene rings is 4. The maximum absolute atomic E-state index is 4.51. The fourth-order valence-corrected chi connectivity index (χ4v) is 4.32. The second kappa shape index (κ2) is 7.52. The summed E-state index contributed by atoms with van der Waals surface area (Å²) in [6.07, 6.45) is 6.08. The van der Waals surface area contributed by atoms with E-state index in [1.165, 1.54) is 49.7 Å². The van der Waals surface area contributed by atoms with Gasteiger partial charge in [-0.3, -0.25) is 4.99 Å². The molecule has 1 heteroatoms. The van der Waals surface area contributed by atoms with Crippen molar-refractivity contribution in [3.63, 3.8) is 0 Å². The molecule has 0 spiro atoms. The zero-order chi connectivity index (χ0) is 19.6. The average molecular weight is 373 g/mol. The van der Waals surface area contributed by atoms with Crippen molar-refractivity contribution in [3.8, 4) is 22.3 Å². The van der Waals surface area contributed by atoms with Gasteiger partial charge in [-0.1, -0.05) is 84.4 Å². The summed E-state index contributed by atoms with van der Waals surface area (Å²) >= 11 is 0. The summed E-state index contributed by atoms with van der Waals surface area (Å²) in [5, 5.41) is 2.57. The second-order valence-corrected chi connectivity index (χ2v) is 7.66. The van der Waals surface area contributed by atoms with Crippen LogP contribution in [0.5, 0.6) is 0 Å². The predicted octanol–water partition coefficient (Wildman–Crippen LogP) is 7.69. The fourth-order valence-electron chi connectivity index (χ4n) is 4.32. The van der Waals surface area contributed by atoms with Crippen molar-refractivity contribution >= 4 is 22.6 Å². The molecular formula is C28H23N. The number of rotatable bonds is 3. The third-order valence-electron chi connectivity index (χ3n) is 5.64. The van der Waals surface area contributed by atoms with E-state index in [9.17, 15) is 0 Å². The van der Waals surface area contributed by atoms with Crippen molar-refractivity contribution in [1.82, 2.24) is 0 Å². The number of nitrogens with zero attached hydrogens (tertiary/aromatic N) is 1. The van der Waals surface area contributed by atoms with Gasteiger partial charge in [-0.25, -0.2) is 0 Å². The topological polar surface area (TPSA) is 12.4 Å². The van der Waals surface area contributed by atoms with E-state index in [0.717, 1.165) is 12.8 Å². The van der Waals surface area contributed by atoms with Gasteiger partial charge in [-0.2, -0.15) is 0 Å². The van der Waals surface area contributed by atoms with Gasteiger partial charge in [0.15, 0.2) is 0 Å². The van der Waals surface area contributed by atoms with Gasteiger partial charge in [0.1, 0.15) is 0 Å². The van der Waals surface area contributed by atoms with Crippen molar-refractivity contribution < 1.29 is 0 Å². The van der Waals surface area contributed by atoms with E-state index in [2.05, 4.69) is 103 Å². The van der Waals surface area contributed by atoms with Gasteiger partial charge in [-0.05, 0) is 70.0 Å². The Morgan fingerprint density at radius 1 is 0.724 bits per heavy atom. The Morgan fingerprint density at radius 2 is 1.52 bits per heavy atom.